The molecule has 0 fully saturated rings. The maximum atomic E-state index is 13.2. The van der Waals surface area contributed by atoms with Crippen molar-refractivity contribution in [2.45, 2.75) is 41.0 Å². The van der Waals surface area contributed by atoms with E-state index in [1.54, 1.807) is 6.92 Å². The van der Waals surface area contributed by atoms with E-state index in [0.29, 0.717) is 17.6 Å². The van der Waals surface area contributed by atoms with Crippen molar-refractivity contribution in [1.82, 2.24) is 5.32 Å². The molecule has 0 radical (unpaired) electrons. The molecule has 0 aliphatic heterocycles. The Morgan fingerprint density at radius 2 is 1.65 bits per heavy atom. The van der Waals surface area contributed by atoms with Gasteiger partial charge in [-0.05, 0) is 55.7 Å². The second-order valence-corrected chi connectivity index (χ2v) is 7.31. The summed E-state index contributed by atoms with van der Waals surface area (Å²) in [5.41, 5.74) is 1.54. The standard InChI is InChI=1S/C17H22FNO4S.C2H6/c1-6-11(2)16(24(5,21)22)19-15(12(3)17(20)23-4)13-7-9-14(18)10-8-13;1-2/h7-10,19H,6H2,1-5H3;1-2H3/b15-12+,16-11-;. The van der Waals surface area contributed by atoms with Gasteiger partial charge in [0, 0.05) is 6.26 Å². The minimum atomic E-state index is -3.55. The highest BCUT2D eigenvalue weighted by molar-refractivity contribution is 7.94. The van der Waals surface area contributed by atoms with Crippen LogP contribution in [0.5, 0.6) is 0 Å². The lowest BCUT2D eigenvalue weighted by Crippen LogP contribution is -2.23. The van der Waals surface area contributed by atoms with E-state index in [1.807, 2.05) is 20.8 Å². The van der Waals surface area contributed by atoms with E-state index in [4.69, 9.17) is 4.74 Å². The molecular weight excluding hydrogens is 357 g/mol. The summed E-state index contributed by atoms with van der Waals surface area (Å²) in [6.45, 7) is 9.04. The Balaban J connectivity index is 0.00000301. The predicted molar refractivity (Wildman–Crippen MR) is 103 cm³/mol. The molecule has 26 heavy (non-hydrogen) atoms. The number of halogens is 1. The lowest BCUT2D eigenvalue weighted by Gasteiger charge is -2.18. The molecule has 0 saturated carbocycles. The van der Waals surface area contributed by atoms with Crippen LogP contribution in [0.2, 0.25) is 0 Å². The van der Waals surface area contributed by atoms with Crippen LogP contribution < -0.4 is 5.32 Å². The van der Waals surface area contributed by atoms with Gasteiger partial charge in [0.15, 0.2) is 9.84 Å². The van der Waals surface area contributed by atoms with Gasteiger partial charge in [0.2, 0.25) is 0 Å². The van der Waals surface area contributed by atoms with Crippen molar-refractivity contribution in [3.63, 3.8) is 0 Å². The number of sulfone groups is 1. The number of methoxy groups -OCH3 is 1. The van der Waals surface area contributed by atoms with Gasteiger partial charge in [-0.2, -0.15) is 0 Å². The minimum absolute atomic E-state index is 0.0209. The van der Waals surface area contributed by atoms with E-state index in [9.17, 15) is 17.6 Å². The van der Waals surface area contributed by atoms with Gasteiger partial charge in [-0.15, -0.1) is 0 Å². The zero-order valence-electron chi connectivity index (χ0n) is 16.4. The number of benzene rings is 1. The highest BCUT2D eigenvalue weighted by atomic mass is 32.2. The first-order chi connectivity index (χ1) is 12.1. The largest absolute Gasteiger partial charge is 0.466 e. The van der Waals surface area contributed by atoms with Gasteiger partial charge in [0.05, 0.1) is 18.4 Å². The van der Waals surface area contributed by atoms with Gasteiger partial charge >= 0.3 is 5.97 Å². The molecule has 0 aliphatic rings. The van der Waals surface area contributed by atoms with Crippen LogP contribution in [0.4, 0.5) is 4.39 Å². The van der Waals surface area contributed by atoms with Gasteiger partial charge in [-0.1, -0.05) is 20.8 Å². The summed E-state index contributed by atoms with van der Waals surface area (Å²) in [4.78, 5) is 11.9. The third kappa shape index (κ3) is 6.63. The van der Waals surface area contributed by atoms with Gasteiger partial charge in [0.1, 0.15) is 10.8 Å². The topological polar surface area (TPSA) is 72.5 Å². The molecule has 0 spiro atoms. The van der Waals surface area contributed by atoms with Crippen molar-refractivity contribution in [3.8, 4) is 0 Å². The normalized spacial score (nSPS) is 12.9. The van der Waals surface area contributed by atoms with Crippen molar-refractivity contribution in [1.29, 1.82) is 0 Å². The number of hydrogen-bond acceptors (Lipinski definition) is 5. The molecule has 0 saturated heterocycles. The molecule has 1 rings (SSSR count). The fourth-order valence-corrected chi connectivity index (χ4v) is 3.11. The molecule has 146 valence electrons. The quantitative estimate of drug-likeness (QED) is 0.591. The smallest absolute Gasteiger partial charge is 0.335 e. The number of esters is 1. The van der Waals surface area contributed by atoms with Gasteiger partial charge in [-0.3, -0.25) is 0 Å². The summed E-state index contributed by atoms with van der Waals surface area (Å²) in [5.74, 6) is -1.04. The van der Waals surface area contributed by atoms with Crippen LogP contribution in [0.15, 0.2) is 40.4 Å². The zero-order chi connectivity index (χ0) is 20.5. The Bertz CT molecular complexity index is 778. The fourth-order valence-electron chi connectivity index (χ4n) is 2.04. The average Bonchev–Trinajstić information content (AvgIpc) is 2.62. The second kappa shape index (κ2) is 10.8. The van der Waals surface area contributed by atoms with Crippen LogP contribution in [-0.4, -0.2) is 27.8 Å². The van der Waals surface area contributed by atoms with Gasteiger partial charge < -0.3 is 10.1 Å². The van der Waals surface area contributed by atoms with Crippen LogP contribution in [0.1, 0.15) is 46.6 Å². The Labute approximate surface area is 155 Å². The summed E-state index contributed by atoms with van der Waals surface area (Å²) < 4.78 is 42.1. The molecule has 0 heterocycles. The summed E-state index contributed by atoms with van der Waals surface area (Å²) >= 11 is 0. The molecule has 7 heteroatoms. The molecule has 0 unspecified atom stereocenters. The van der Waals surface area contributed by atoms with E-state index in [1.165, 1.54) is 38.3 Å². The summed E-state index contributed by atoms with van der Waals surface area (Å²) in [6, 6.07) is 5.40. The van der Waals surface area contributed by atoms with Crippen molar-refractivity contribution in [2.24, 2.45) is 0 Å². The molecule has 0 aromatic heterocycles. The Morgan fingerprint density at radius 3 is 2.04 bits per heavy atom. The van der Waals surface area contributed by atoms with Crippen LogP contribution in [0.25, 0.3) is 5.70 Å². The third-order valence-corrected chi connectivity index (χ3v) is 4.72. The molecule has 0 aliphatic carbocycles. The number of rotatable bonds is 6. The Hall–Kier alpha value is -2.15. The number of nitrogens with one attached hydrogen (secondary N) is 1. The highest BCUT2D eigenvalue weighted by Crippen LogP contribution is 2.22. The van der Waals surface area contributed by atoms with E-state index < -0.39 is 21.6 Å². The zero-order valence-corrected chi connectivity index (χ0v) is 17.3. The number of carbonyl (C=O) groups is 1. The summed E-state index contributed by atoms with van der Waals surface area (Å²) in [6.07, 6.45) is 1.60. The van der Waals surface area contributed by atoms with Crippen molar-refractivity contribution in [3.05, 3.63) is 51.8 Å². The van der Waals surface area contributed by atoms with Gasteiger partial charge in [0.25, 0.3) is 0 Å². The first-order valence-corrected chi connectivity index (χ1v) is 10.2. The Kier molecular flexibility index (Phi) is 9.86. The molecule has 1 aromatic carbocycles. The SMILES string of the molecule is CC.CC/C(C)=C(/N/C(=C(\C)C(=O)OC)c1ccc(F)cc1)S(C)(=O)=O. The van der Waals surface area contributed by atoms with E-state index in [2.05, 4.69) is 5.32 Å². The number of carbonyl (C=O) groups excluding carboxylic acids is 1. The van der Waals surface area contributed by atoms with Crippen molar-refractivity contribution in [2.75, 3.05) is 13.4 Å². The van der Waals surface area contributed by atoms with Crippen LogP contribution >= 0.6 is 0 Å². The maximum absolute atomic E-state index is 13.2. The molecule has 1 N–H and O–H groups in total. The lowest BCUT2D eigenvalue weighted by molar-refractivity contribution is -0.135. The second-order valence-electron chi connectivity index (χ2n) is 5.36. The third-order valence-electron chi connectivity index (χ3n) is 3.53. The van der Waals surface area contributed by atoms with Crippen LogP contribution in [0.3, 0.4) is 0 Å². The highest BCUT2D eigenvalue weighted by Gasteiger charge is 2.20. The predicted octanol–water partition coefficient (Wildman–Crippen LogP) is 4.03. The summed E-state index contributed by atoms with van der Waals surface area (Å²) in [7, 11) is -2.31. The first-order valence-electron chi connectivity index (χ1n) is 8.33. The average molecular weight is 386 g/mol. The number of ether oxygens (including phenoxy) is 1. The molecule has 0 bridgehead atoms. The van der Waals surface area contributed by atoms with E-state index >= 15 is 0 Å². The molecular formula is C19H28FNO4S. The van der Waals surface area contributed by atoms with Crippen LogP contribution in [0, 0.1) is 5.82 Å². The molecule has 5 nitrogen and oxygen atoms in total. The number of allylic oxidation sites excluding steroid dienone is 1. The van der Waals surface area contributed by atoms with Crippen molar-refractivity contribution < 1.29 is 22.3 Å². The lowest BCUT2D eigenvalue weighted by atomic mass is 10.1. The van der Waals surface area contributed by atoms with Crippen molar-refractivity contribution >= 4 is 21.5 Å². The Morgan fingerprint density at radius 1 is 1.15 bits per heavy atom. The van der Waals surface area contributed by atoms with E-state index in [-0.39, 0.29) is 16.3 Å². The maximum Gasteiger partial charge on any atom is 0.335 e. The van der Waals surface area contributed by atoms with E-state index in [0.717, 1.165) is 6.26 Å². The fraction of sp³-hybridized carbons (Fsp3) is 0.421. The number of hydrogen-bond donors (Lipinski definition) is 1. The minimum Gasteiger partial charge on any atom is -0.466 e. The first kappa shape index (κ1) is 23.9. The molecule has 0 atom stereocenters. The molecule has 0 amide bonds. The molecule has 1 aromatic rings. The van der Waals surface area contributed by atoms with Crippen LogP contribution in [-0.2, 0) is 19.4 Å². The summed E-state index contributed by atoms with van der Waals surface area (Å²) in [5, 5.41) is 2.86. The van der Waals surface area contributed by atoms with Gasteiger partial charge in [-0.25, -0.2) is 17.6 Å². The monoisotopic (exact) mass is 385 g/mol.